The molecule has 1 aliphatic heterocycles. The Bertz CT molecular complexity index is 1290. The topological polar surface area (TPSA) is 126 Å². The number of carboxylic acids is 1. The molecule has 3 heterocycles. The maximum Gasteiger partial charge on any atom is 0.440 e. The number of hydrogen-bond donors (Lipinski definition) is 3. The van der Waals surface area contributed by atoms with E-state index in [2.05, 4.69) is 9.97 Å². The summed E-state index contributed by atoms with van der Waals surface area (Å²) in [7, 11) is 0. The third kappa shape index (κ3) is 3.06. The molecule has 1 atom stereocenters. The Morgan fingerprint density at radius 1 is 1.13 bits per heavy atom. The molecule has 9 nitrogen and oxygen atoms in total. The lowest BCUT2D eigenvalue weighted by molar-refractivity contribution is -0.213. The SMILES string of the molecule is O=C(O)c1cccc(C(=O)NC2(C(F)(F)F)C(=O)Nc3nc4cc(Cl)c(Cl)cc4n32)n1. The van der Waals surface area contributed by atoms with Gasteiger partial charge in [-0.25, -0.2) is 14.8 Å². The molecule has 3 N–H and O–H groups in total. The van der Waals surface area contributed by atoms with Gasteiger partial charge < -0.3 is 10.4 Å². The number of hydrogen-bond acceptors (Lipinski definition) is 5. The molecular weight excluding hydrogens is 466 g/mol. The van der Waals surface area contributed by atoms with Crippen molar-refractivity contribution in [3.8, 4) is 0 Å². The van der Waals surface area contributed by atoms with Crippen LogP contribution >= 0.6 is 23.2 Å². The number of nitrogens with zero attached hydrogens (tertiary/aromatic N) is 3. The predicted octanol–water partition coefficient (Wildman–Crippen LogP) is 3.03. The molecule has 1 unspecified atom stereocenters. The maximum absolute atomic E-state index is 14.3. The number of nitrogens with one attached hydrogen (secondary N) is 2. The van der Waals surface area contributed by atoms with Crippen LogP contribution in [0, 0.1) is 0 Å². The molecule has 0 spiro atoms. The second-order valence-electron chi connectivity index (χ2n) is 6.36. The first kappa shape index (κ1) is 20.9. The van der Waals surface area contributed by atoms with E-state index in [9.17, 15) is 27.6 Å². The van der Waals surface area contributed by atoms with Crippen molar-refractivity contribution in [2.24, 2.45) is 0 Å². The molecular formula is C17H8Cl2F3N5O4. The van der Waals surface area contributed by atoms with Crippen molar-refractivity contribution in [1.29, 1.82) is 0 Å². The van der Waals surface area contributed by atoms with Crippen molar-refractivity contribution >= 4 is 58.0 Å². The zero-order valence-corrected chi connectivity index (χ0v) is 16.3. The Morgan fingerprint density at radius 3 is 2.42 bits per heavy atom. The lowest BCUT2D eigenvalue weighted by atomic mass is 10.1. The van der Waals surface area contributed by atoms with Crippen LogP contribution in [0.4, 0.5) is 19.1 Å². The normalized spacial score (nSPS) is 18.0. The van der Waals surface area contributed by atoms with Crippen LogP contribution in [0.5, 0.6) is 0 Å². The Morgan fingerprint density at radius 2 is 1.77 bits per heavy atom. The van der Waals surface area contributed by atoms with Gasteiger partial charge >= 0.3 is 12.1 Å². The highest BCUT2D eigenvalue weighted by molar-refractivity contribution is 6.42. The summed E-state index contributed by atoms with van der Waals surface area (Å²) in [6.45, 7) is 0. The van der Waals surface area contributed by atoms with Crippen LogP contribution < -0.4 is 10.6 Å². The smallest absolute Gasteiger partial charge is 0.440 e. The highest BCUT2D eigenvalue weighted by Gasteiger charge is 2.67. The molecule has 0 aliphatic carbocycles. The largest absolute Gasteiger partial charge is 0.477 e. The summed E-state index contributed by atoms with van der Waals surface area (Å²) in [6.07, 6.45) is -5.35. The molecule has 0 saturated heterocycles. The highest BCUT2D eigenvalue weighted by Crippen LogP contribution is 2.45. The van der Waals surface area contributed by atoms with Crippen LogP contribution in [-0.2, 0) is 10.5 Å². The first-order valence-corrected chi connectivity index (χ1v) is 9.00. The average Bonchev–Trinajstić information content (AvgIpc) is 3.15. The van der Waals surface area contributed by atoms with Gasteiger partial charge in [0.1, 0.15) is 11.4 Å². The number of aromatic carboxylic acids is 1. The molecule has 0 fully saturated rings. The number of benzene rings is 1. The lowest BCUT2D eigenvalue weighted by Crippen LogP contribution is -2.63. The number of pyridine rings is 1. The van der Waals surface area contributed by atoms with E-state index in [1.54, 1.807) is 5.32 Å². The maximum atomic E-state index is 14.3. The number of aromatic nitrogens is 3. The minimum Gasteiger partial charge on any atom is -0.477 e. The van der Waals surface area contributed by atoms with Gasteiger partial charge in [0.15, 0.2) is 0 Å². The highest BCUT2D eigenvalue weighted by atomic mass is 35.5. The number of rotatable bonds is 3. The molecule has 31 heavy (non-hydrogen) atoms. The van der Waals surface area contributed by atoms with Crippen molar-refractivity contribution in [2.45, 2.75) is 11.8 Å². The second kappa shape index (κ2) is 6.82. The molecule has 4 rings (SSSR count). The quantitative estimate of drug-likeness (QED) is 0.536. The van der Waals surface area contributed by atoms with E-state index in [1.807, 2.05) is 5.32 Å². The Kier molecular flexibility index (Phi) is 4.59. The summed E-state index contributed by atoms with van der Waals surface area (Å²) >= 11 is 11.8. The fourth-order valence-corrected chi connectivity index (χ4v) is 3.45. The molecule has 3 aromatic rings. The van der Waals surface area contributed by atoms with Crippen LogP contribution in [-0.4, -0.2) is 43.6 Å². The first-order chi connectivity index (χ1) is 14.5. The lowest BCUT2D eigenvalue weighted by Gasteiger charge is -2.31. The Labute approximate surface area is 179 Å². The standard InChI is InChI=1S/C17H8Cl2F3N5O4/c18-6-4-10-11(5-7(6)19)27-15(24-10)25-14(31)16(27,17(20,21)22)26-12(28)8-2-1-3-9(23-8)13(29)30/h1-5H,(H,26,28)(H,29,30)(H,24,25,31). The van der Waals surface area contributed by atoms with E-state index in [1.165, 1.54) is 6.07 Å². The zero-order chi connectivity index (χ0) is 22.7. The molecule has 0 bridgehead atoms. The van der Waals surface area contributed by atoms with E-state index >= 15 is 0 Å². The van der Waals surface area contributed by atoms with E-state index in [-0.39, 0.29) is 21.1 Å². The van der Waals surface area contributed by atoms with Gasteiger partial charge in [0, 0.05) is 0 Å². The fraction of sp³-hybridized carbons (Fsp3) is 0.118. The van der Waals surface area contributed by atoms with Gasteiger partial charge in [-0.15, -0.1) is 0 Å². The van der Waals surface area contributed by atoms with Crippen molar-refractivity contribution in [3.05, 3.63) is 51.8 Å². The van der Waals surface area contributed by atoms with Crippen molar-refractivity contribution < 1.29 is 32.7 Å². The predicted molar refractivity (Wildman–Crippen MR) is 101 cm³/mol. The Balaban J connectivity index is 1.90. The fourth-order valence-electron chi connectivity index (χ4n) is 3.14. The molecule has 2 aromatic heterocycles. The summed E-state index contributed by atoms with van der Waals surface area (Å²) < 4.78 is 43.4. The van der Waals surface area contributed by atoms with E-state index in [0.717, 1.165) is 24.3 Å². The Hall–Kier alpha value is -3.38. The summed E-state index contributed by atoms with van der Waals surface area (Å²) in [5.41, 5.74) is -5.06. The minimum atomic E-state index is -5.35. The van der Waals surface area contributed by atoms with Gasteiger partial charge in [-0.3, -0.25) is 19.5 Å². The average molecular weight is 474 g/mol. The molecule has 1 aliphatic rings. The molecule has 1 aromatic carbocycles. The van der Waals surface area contributed by atoms with Gasteiger partial charge in [-0.2, -0.15) is 13.2 Å². The van der Waals surface area contributed by atoms with Crippen LogP contribution in [0.2, 0.25) is 10.0 Å². The number of carboxylic acid groups (broad SMARTS) is 1. The van der Waals surface area contributed by atoms with E-state index in [0.29, 0.717) is 4.57 Å². The van der Waals surface area contributed by atoms with E-state index < -0.39 is 47.0 Å². The summed E-state index contributed by atoms with van der Waals surface area (Å²) in [5.74, 6) is -5.06. The van der Waals surface area contributed by atoms with Crippen LogP contribution in [0.1, 0.15) is 21.0 Å². The first-order valence-electron chi connectivity index (χ1n) is 8.24. The van der Waals surface area contributed by atoms with E-state index in [4.69, 9.17) is 28.3 Å². The second-order valence-corrected chi connectivity index (χ2v) is 7.17. The number of carbonyl (C=O) groups is 3. The molecule has 160 valence electrons. The monoisotopic (exact) mass is 473 g/mol. The third-order valence-corrected chi connectivity index (χ3v) is 5.21. The van der Waals surface area contributed by atoms with Gasteiger partial charge in [0.25, 0.3) is 17.5 Å². The zero-order valence-electron chi connectivity index (χ0n) is 14.8. The summed E-state index contributed by atoms with van der Waals surface area (Å²) in [6, 6.07) is 5.46. The van der Waals surface area contributed by atoms with Gasteiger partial charge in [0.2, 0.25) is 5.95 Å². The number of amides is 2. The summed E-state index contributed by atoms with van der Waals surface area (Å²) in [4.78, 5) is 43.6. The number of halogens is 5. The number of fused-ring (bicyclic) bond motifs is 3. The third-order valence-electron chi connectivity index (χ3n) is 4.49. The summed E-state index contributed by atoms with van der Waals surface area (Å²) in [5, 5.41) is 12.5. The molecule has 2 amide bonds. The number of carbonyl (C=O) groups excluding carboxylic acids is 2. The van der Waals surface area contributed by atoms with Crippen LogP contribution in [0.3, 0.4) is 0 Å². The molecule has 14 heteroatoms. The van der Waals surface area contributed by atoms with Crippen LogP contribution in [0.15, 0.2) is 30.3 Å². The number of alkyl halides is 3. The minimum absolute atomic E-state index is 0.0155. The molecule has 0 saturated carbocycles. The number of anilines is 1. The van der Waals surface area contributed by atoms with Gasteiger partial charge in [-0.05, 0) is 24.3 Å². The molecule has 0 radical (unpaired) electrons. The van der Waals surface area contributed by atoms with Gasteiger partial charge in [0.05, 0.1) is 21.1 Å². The van der Waals surface area contributed by atoms with Crippen molar-refractivity contribution in [3.63, 3.8) is 0 Å². The number of imidazole rings is 1. The van der Waals surface area contributed by atoms with Crippen LogP contribution in [0.25, 0.3) is 11.0 Å². The van der Waals surface area contributed by atoms with Crippen molar-refractivity contribution in [2.75, 3.05) is 5.32 Å². The van der Waals surface area contributed by atoms with Gasteiger partial charge in [-0.1, -0.05) is 29.3 Å². The van der Waals surface area contributed by atoms with Crippen molar-refractivity contribution in [1.82, 2.24) is 19.9 Å².